The SMILES string of the molecule is O=C(C[C@@H]1CN(Cc2ccccc2)CCO1)NCc1cnc2cnccn12. The lowest BCUT2D eigenvalue weighted by Crippen LogP contribution is -2.44. The van der Waals surface area contributed by atoms with Crippen LogP contribution in [-0.4, -0.2) is 51.0 Å². The summed E-state index contributed by atoms with van der Waals surface area (Å²) in [6.07, 6.45) is 7.29. The van der Waals surface area contributed by atoms with Crippen molar-refractivity contribution in [1.82, 2.24) is 24.6 Å². The number of nitrogens with one attached hydrogen (secondary N) is 1. The molecule has 1 fully saturated rings. The third-order valence-electron chi connectivity index (χ3n) is 4.75. The van der Waals surface area contributed by atoms with Crippen molar-refractivity contribution in [2.24, 2.45) is 0 Å². The highest BCUT2D eigenvalue weighted by atomic mass is 16.5. The van der Waals surface area contributed by atoms with E-state index in [-0.39, 0.29) is 12.0 Å². The standard InChI is InChI=1S/C20H23N5O2/c26-20(23-12-17-11-22-19-13-21-6-7-25(17)19)10-18-15-24(8-9-27-18)14-16-4-2-1-3-5-16/h1-7,11,13,18H,8-10,12,14-15H2,(H,23,26)/t18-/m1/s1. The Morgan fingerprint density at radius 1 is 1.26 bits per heavy atom. The van der Waals surface area contributed by atoms with E-state index in [1.165, 1.54) is 5.56 Å². The molecular formula is C20H23N5O2. The van der Waals surface area contributed by atoms with Crippen LogP contribution in [0.3, 0.4) is 0 Å². The summed E-state index contributed by atoms with van der Waals surface area (Å²) in [6, 6.07) is 10.4. The van der Waals surface area contributed by atoms with Gasteiger partial charge in [0.1, 0.15) is 0 Å². The third-order valence-corrected chi connectivity index (χ3v) is 4.75. The predicted molar refractivity (Wildman–Crippen MR) is 101 cm³/mol. The first kappa shape index (κ1) is 17.6. The summed E-state index contributed by atoms with van der Waals surface area (Å²) >= 11 is 0. The van der Waals surface area contributed by atoms with Gasteiger partial charge in [0.25, 0.3) is 0 Å². The number of benzene rings is 1. The maximum absolute atomic E-state index is 12.4. The molecule has 1 amide bonds. The van der Waals surface area contributed by atoms with Crippen LogP contribution in [-0.2, 0) is 22.6 Å². The molecule has 1 atom stereocenters. The second-order valence-electron chi connectivity index (χ2n) is 6.75. The number of ether oxygens (including phenoxy) is 1. The van der Waals surface area contributed by atoms with Crippen molar-refractivity contribution in [3.8, 4) is 0 Å². The van der Waals surface area contributed by atoms with Crippen molar-refractivity contribution in [2.45, 2.75) is 25.6 Å². The second-order valence-corrected chi connectivity index (χ2v) is 6.75. The van der Waals surface area contributed by atoms with Crippen LogP contribution in [0, 0.1) is 0 Å². The van der Waals surface area contributed by atoms with Gasteiger partial charge < -0.3 is 10.1 Å². The van der Waals surface area contributed by atoms with Gasteiger partial charge in [0.15, 0.2) is 5.65 Å². The monoisotopic (exact) mass is 365 g/mol. The fraction of sp³-hybridized carbons (Fsp3) is 0.350. The van der Waals surface area contributed by atoms with E-state index in [2.05, 4.69) is 44.5 Å². The van der Waals surface area contributed by atoms with Gasteiger partial charge in [-0.15, -0.1) is 0 Å². The molecule has 1 aliphatic rings. The molecule has 0 spiro atoms. The van der Waals surface area contributed by atoms with Crippen LogP contribution >= 0.6 is 0 Å². The largest absolute Gasteiger partial charge is 0.375 e. The lowest BCUT2D eigenvalue weighted by atomic mass is 10.1. The van der Waals surface area contributed by atoms with Gasteiger partial charge in [-0.05, 0) is 5.56 Å². The number of hydrogen-bond acceptors (Lipinski definition) is 5. The first-order valence-corrected chi connectivity index (χ1v) is 9.18. The Balaban J connectivity index is 1.27. The molecule has 3 aromatic rings. The van der Waals surface area contributed by atoms with Gasteiger partial charge in [0.05, 0.1) is 43.8 Å². The molecule has 0 unspecified atom stereocenters. The lowest BCUT2D eigenvalue weighted by molar-refractivity contribution is -0.126. The zero-order chi connectivity index (χ0) is 18.5. The molecule has 140 valence electrons. The van der Waals surface area contributed by atoms with Crippen LogP contribution in [0.1, 0.15) is 17.7 Å². The van der Waals surface area contributed by atoms with Crippen molar-refractivity contribution in [3.63, 3.8) is 0 Å². The molecule has 0 aliphatic carbocycles. The van der Waals surface area contributed by atoms with Gasteiger partial charge in [0, 0.05) is 32.0 Å². The van der Waals surface area contributed by atoms with Crippen LogP contribution in [0.5, 0.6) is 0 Å². The minimum absolute atomic E-state index is 0.00873. The molecule has 3 heterocycles. The van der Waals surface area contributed by atoms with Gasteiger partial charge in [-0.2, -0.15) is 0 Å². The number of hydrogen-bond donors (Lipinski definition) is 1. The Morgan fingerprint density at radius 3 is 3.04 bits per heavy atom. The zero-order valence-corrected chi connectivity index (χ0v) is 15.1. The van der Waals surface area contributed by atoms with E-state index in [9.17, 15) is 4.79 Å². The fourth-order valence-corrected chi connectivity index (χ4v) is 3.38. The maximum Gasteiger partial charge on any atom is 0.222 e. The van der Waals surface area contributed by atoms with Crippen molar-refractivity contribution in [1.29, 1.82) is 0 Å². The Hall–Kier alpha value is -2.77. The van der Waals surface area contributed by atoms with Gasteiger partial charge in [-0.1, -0.05) is 30.3 Å². The number of imidazole rings is 1. The molecule has 4 rings (SSSR count). The first-order chi connectivity index (χ1) is 13.3. The topological polar surface area (TPSA) is 71.8 Å². The van der Waals surface area contributed by atoms with Gasteiger partial charge in [-0.3, -0.25) is 19.1 Å². The molecular weight excluding hydrogens is 342 g/mol. The van der Waals surface area contributed by atoms with Gasteiger partial charge >= 0.3 is 0 Å². The number of amides is 1. The van der Waals surface area contributed by atoms with Crippen molar-refractivity contribution in [3.05, 3.63) is 66.4 Å². The molecule has 0 radical (unpaired) electrons. The summed E-state index contributed by atoms with van der Waals surface area (Å²) in [6.45, 7) is 3.64. The number of carbonyl (C=O) groups is 1. The molecule has 2 aromatic heterocycles. The molecule has 7 nitrogen and oxygen atoms in total. The predicted octanol–water partition coefficient (Wildman–Crippen LogP) is 1.64. The quantitative estimate of drug-likeness (QED) is 0.719. The smallest absolute Gasteiger partial charge is 0.222 e. The van der Waals surface area contributed by atoms with Crippen LogP contribution in [0.2, 0.25) is 0 Å². The Labute approximate surface area is 158 Å². The van der Waals surface area contributed by atoms with E-state index in [1.54, 1.807) is 18.6 Å². The van der Waals surface area contributed by atoms with Crippen LogP contribution < -0.4 is 5.32 Å². The van der Waals surface area contributed by atoms with Crippen molar-refractivity contribution < 1.29 is 9.53 Å². The second kappa shape index (κ2) is 8.28. The summed E-state index contributed by atoms with van der Waals surface area (Å²) in [7, 11) is 0. The molecule has 1 aliphatic heterocycles. The minimum atomic E-state index is -0.0751. The maximum atomic E-state index is 12.4. The van der Waals surface area contributed by atoms with Crippen LogP contribution in [0.15, 0.2) is 55.1 Å². The number of morpholine rings is 1. The first-order valence-electron chi connectivity index (χ1n) is 9.18. The highest BCUT2D eigenvalue weighted by Crippen LogP contribution is 2.13. The molecule has 1 aromatic carbocycles. The van der Waals surface area contributed by atoms with E-state index >= 15 is 0 Å². The summed E-state index contributed by atoms with van der Waals surface area (Å²) in [5.74, 6) is -0.00873. The lowest BCUT2D eigenvalue weighted by Gasteiger charge is -2.32. The third kappa shape index (κ3) is 4.50. The van der Waals surface area contributed by atoms with Crippen molar-refractivity contribution >= 4 is 11.6 Å². The number of nitrogens with zero attached hydrogens (tertiary/aromatic N) is 4. The summed E-state index contributed by atoms with van der Waals surface area (Å²) < 4.78 is 7.72. The average Bonchev–Trinajstić information content (AvgIpc) is 3.11. The van der Waals surface area contributed by atoms with Gasteiger partial charge in [-0.25, -0.2) is 4.98 Å². The normalized spacial score (nSPS) is 17.9. The Morgan fingerprint density at radius 2 is 2.15 bits per heavy atom. The molecule has 27 heavy (non-hydrogen) atoms. The highest BCUT2D eigenvalue weighted by molar-refractivity contribution is 5.76. The molecule has 1 N–H and O–H groups in total. The number of fused-ring (bicyclic) bond motifs is 1. The average molecular weight is 365 g/mol. The molecule has 1 saturated heterocycles. The van der Waals surface area contributed by atoms with Crippen molar-refractivity contribution in [2.75, 3.05) is 19.7 Å². The minimum Gasteiger partial charge on any atom is -0.375 e. The highest BCUT2D eigenvalue weighted by Gasteiger charge is 2.23. The van der Waals surface area contributed by atoms with E-state index in [4.69, 9.17) is 4.74 Å². The van der Waals surface area contributed by atoms with E-state index in [0.717, 1.165) is 31.0 Å². The number of rotatable bonds is 6. The molecule has 0 saturated carbocycles. The zero-order valence-electron chi connectivity index (χ0n) is 15.1. The summed E-state index contributed by atoms with van der Waals surface area (Å²) in [4.78, 5) is 23.0. The number of aromatic nitrogens is 3. The number of carbonyl (C=O) groups excluding carboxylic acids is 1. The van der Waals surface area contributed by atoms with Gasteiger partial charge in [0.2, 0.25) is 5.91 Å². The Kier molecular flexibility index (Phi) is 5.41. The Bertz CT molecular complexity index is 896. The van der Waals surface area contributed by atoms with E-state index in [0.29, 0.717) is 19.6 Å². The van der Waals surface area contributed by atoms with E-state index < -0.39 is 0 Å². The van der Waals surface area contributed by atoms with Crippen LogP contribution in [0.25, 0.3) is 5.65 Å². The van der Waals surface area contributed by atoms with E-state index in [1.807, 2.05) is 16.7 Å². The van der Waals surface area contributed by atoms with Crippen LogP contribution in [0.4, 0.5) is 0 Å². The summed E-state index contributed by atoms with van der Waals surface area (Å²) in [5.41, 5.74) is 2.98. The molecule has 7 heteroatoms. The fourth-order valence-electron chi connectivity index (χ4n) is 3.38. The summed E-state index contributed by atoms with van der Waals surface area (Å²) in [5, 5.41) is 2.97. The molecule has 0 bridgehead atoms.